The van der Waals surface area contributed by atoms with Crippen LogP contribution in [0.2, 0.25) is 0 Å². The molecule has 26 heavy (non-hydrogen) atoms. The highest BCUT2D eigenvalue weighted by atomic mass is 32.2. The molecule has 1 aliphatic carbocycles. The van der Waals surface area contributed by atoms with Crippen LogP contribution >= 0.6 is 0 Å². The largest absolute Gasteiger partial charge is 0.443 e. The molecule has 0 saturated heterocycles. The van der Waals surface area contributed by atoms with Gasteiger partial charge < -0.3 is 9.84 Å². The van der Waals surface area contributed by atoms with E-state index in [2.05, 4.69) is 0 Å². The summed E-state index contributed by atoms with van der Waals surface area (Å²) in [4.78, 5) is 11.9. The fourth-order valence-corrected chi connectivity index (χ4v) is 4.43. The molecule has 1 aromatic rings. The van der Waals surface area contributed by atoms with E-state index >= 15 is 0 Å². The van der Waals surface area contributed by atoms with Crippen LogP contribution in [0.25, 0.3) is 0 Å². The number of benzene rings is 1. The monoisotopic (exact) mass is 383 g/mol. The van der Waals surface area contributed by atoms with Crippen molar-refractivity contribution in [3.05, 3.63) is 29.8 Å². The Morgan fingerprint density at radius 2 is 1.85 bits per heavy atom. The Bertz CT molecular complexity index is 718. The van der Waals surface area contributed by atoms with Crippen LogP contribution in [0.3, 0.4) is 0 Å². The van der Waals surface area contributed by atoms with Gasteiger partial charge >= 0.3 is 6.09 Å². The number of carbonyl (C=O) groups excluding carboxylic acids is 1. The van der Waals surface area contributed by atoms with Crippen LogP contribution in [0.1, 0.15) is 58.4 Å². The summed E-state index contributed by atoms with van der Waals surface area (Å²) in [5.41, 5.74) is -0.294. The molecule has 0 spiro atoms. The Kier molecular flexibility index (Phi) is 6.69. The number of aliphatic hydroxyl groups excluding tert-OH is 1. The molecule has 146 valence electrons. The fourth-order valence-electron chi connectivity index (χ4n) is 3.31. The molecular formula is C19H29NO5S. The average Bonchev–Trinajstić information content (AvgIpc) is 2.53. The molecule has 1 fully saturated rings. The Labute approximate surface area is 156 Å². The normalized spacial score (nSPS) is 17.5. The van der Waals surface area contributed by atoms with Crippen molar-refractivity contribution in [3.63, 3.8) is 0 Å². The predicted molar refractivity (Wildman–Crippen MR) is 99.3 cm³/mol. The molecule has 7 heteroatoms. The van der Waals surface area contributed by atoms with Crippen molar-refractivity contribution in [1.29, 1.82) is 0 Å². The van der Waals surface area contributed by atoms with Gasteiger partial charge in [-0.25, -0.2) is 17.9 Å². The summed E-state index contributed by atoms with van der Waals surface area (Å²) in [6, 6.07) is 6.45. The number of ether oxygens (including phenoxy) is 1. The third kappa shape index (κ3) is 5.99. The maximum atomic E-state index is 12.6. The molecule has 1 saturated carbocycles. The summed E-state index contributed by atoms with van der Waals surface area (Å²) in [7, 11) is -4.07. The minimum Gasteiger partial charge on any atom is -0.443 e. The topological polar surface area (TPSA) is 92.7 Å². The first-order chi connectivity index (χ1) is 12.1. The zero-order valence-corrected chi connectivity index (χ0v) is 16.5. The van der Waals surface area contributed by atoms with Gasteiger partial charge in [0, 0.05) is 0 Å². The maximum Gasteiger partial charge on any atom is 0.421 e. The first-order valence-electron chi connectivity index (χ1n) is 9.10. The summed E-state index contributed by atoms with van der Waals surface area (Å²) in [6.07, 6.45) is 3.96. The second kappa shape index (κ2) is 8.39. The number of carbonyl (C=O) groups is 1. The molecule has 6 nitrogen and oxygen atoms in total. The first kappa shape index (κ1) is 20.7. The lowest BCUT2D eigenvalue weighted by Gasteiger charge is -2.27. The van der Waals surface area contributed by atoms with E-state index in [1.54, 1.807) is 39.0 Å². The van der Waals surface area contributed by atoms with Gasteiger partial charge in [-0.15, -0.1) is 0 Å². The second-order valence-corrected chi connectivity index (χ2v) is 9.54. The third-order valence-electron chi connectivity index (χ3n) is 4.50. The van der Waals surface area contributed by atoms with Gasteiger partial charge in [0.1, 0.15) is 5.60 Å². The summed E-state index contributed by atoms with van der Waals surface area (Å²) >= 11 is 0. The van der Waals surface area contributed by atoms with Crippen LogP contribution in [0, 0.1) is 5.92 Å². The molecule has 1 aromatic carbocycles. The van der Waals surface area contributed by atoms with Crippen LogP contribution in [-0.4, -0.2) is 31.3 Å². The first-order valence-corrected chi connectivity index (χ1v) is 10.6. The number of hydrogen-bond acceptors (Lipinski definition) is 5. The van der Waals surface area contributed by atoms with Crippen LogP contribution in [-0.2, 0) is 21.2 Å². The van der Waals surface area contributed by atoms with Crippen LogP contribution in [0.5, 0.6) is 0 Å². The average molecular weight is 384 g/mol. The van der Waals surface area contributed by atoms with Crippen LogP contribution in [0.4, 0.5) is 4.79 Å². The lowest BCUT2D eigenvalue weighted by molar-refractivity contribution is 0.0570. The number of aliphatic hydroxyl groups is 1. The Morgan fingerprint density at radius 3 is 2.46 bits per heavy atom. The minimum absolute atomic E-state index is 0.000665. The van der Waals surface area contributed by atoms with Gasteiger partial charge in [-0.2, -0.15) is 0 Å². The van der Waals surface area contributed by atoms with Crippen molar-refractivity contribution in [2.24, 2.45) is 5.92 Å². The standard InChI is InChI=1S/C19H29NO5S/c1-19(2,3)25-18(22)20-26(23,24)17-12-8-7-11-15(17)13-16(21)14-9-5-4-6-10-14/h7-8,11-12,14,16,21H,4-6,9-10,13H2,1-3H3,(H,20,22). The zero-order chi connectivity index (χ0) is 19.4. The van der Waals surface area contributed by atoms with Crippen LogP contribution < -0.4 is 4.72 Å². The van der Waals surface area contributed by atoms with Crippen molar-refractivity contribution in [2.75, 3.05) is 0 Å². The fraction of sp³-hybridized carbons (Fsp3) is 0.632. The summed E-state index contributed by atoms with van der Waals surface area (Å²) in [5.74, 6) is 0.193. The summed E-state index contributed by atoms with van der Waals surface area (Å²) in [5, 5.41) is 10.5. The van der Waals surface area contributed by atoms with Gasteiger partial charge in [-0.3, -0.25) is 0 Å². The van der Waals surface area contributed by atoms with E-state index in [4.69, 9.17) is 4.74 Å². The van der Waals surface area contributed by atoms with E-state index in [0.29, 0.717) is 5.56 Å². The van der Waals surface area contributed by atoms with E-state index < -0.39 is 27.8 Å². The number of amides is 1. The number of sulfonamides is 1. The van der Waals surface area contributed by atoms with Crippen molar-refractivity contribution >= 4 is 16.1 Å². The Balaban J connectivity index is 2.15. The highest BCUT2D eigenvalue weighted by Crippen LogP contribution is 2.29. The molecule has 1 unspecified atom stereocenters. The highest BCUT2D eigenvalue weighted by molar-refractivity contribution is 7.90. The zero-order valence-electron chi connectivity index (χ0n) is 15.7. The lowest BCUT2D eigenvalue weighted by atomic mass is 9.83. The van der Waals surface area contributed by atoms with Crippen molar-refractivity contribution < 1.29 is 23.1 Å². The molecule has 0 bridgehead atoms. The van der Waals surface area contributed by atoms with Crippen molar-refractivity contribution in [2.45, 2.75) is 75.9 Å². The third-order valence-corrected chi connectivity index (χ3v) is 5.91. The molecule has 1 atom stereocenters. The molecule has 2 rings (SSSR count). The molecule has 0 heterocycles. The quantitative estimate of drug-likeness (QED) is 0.813. The molecule has 2 N–H and O–H groups in total. The van der Waals surface area contributed by atoms with Crippen molar-refractivity contribution in [1.82, 2.24) is 4.72 Å². The van der Waals surface area contributed by atoms with Crippen molar-refractivity contribution in [3.8, 4) is 0 Å². The van der Waals surface area contributed by atoms with Crippen LogP contribution in [0.15, 0.2) is 29.2 Å². The number of hydrogen-bond donors (Lipinski definition) is 2. The summed E-state index contributed by atoms with van der Waals surface area (Å²) < 4.78 is 32.2. The van der Waals surface area contributed by atoms with Gasteiger partial charge in [-0.1, -0.05) is 37.5 Å². The van der Waals surface area contributed by atoms with Gasteiger partial charge in [0.25, 0.3) is 10.0 Å². The highest BCUT2D eigenvalue weighted by Gasteiger charge is 2.27. The molecule has 0 radical (unpaired) electrons. The van der Waals surface area contributed by atoms with E-state index in [9.17, 15) is 18.3 Å². The van der Waals surface area contributed by atoms with Gasteiger partial charge in [0.2, 0.25) is 0 Å². The van der Waals surface area contributed by atoms with Gasteiger partial charge in [0.15, 0.2) is 0 Å². The Hall–Kier alpha value is -1.60. The predicted octanol–water partition coefficient (Wildman–Crippen LogP) is 3.38. The van der Waals surface area contributed by atoms with E-state index in [-0.39, 0.29) is 17.2 Å². The molecule has 1 amide bonds. The SMILES string of the molecule is CC(C)(C)OC(=O)NS(=O)(=O)c1ccccc1CC(O)C1CCCCC1. The van der Waals surface area contributed by atoms with Gasteiger partial charge in [-0.05, 0) is 57.6 Å². The minimum atomic E-state index is -4.07. The smallest absolute Gasteiger partial charge is 0.421 e. The summed E-state index contributed by atoms with van der Waals surface area (Å²) in [6.45, 7) is 4.98. The molecule has 0 aromatic heterocycles. The molecule has 1 aliphatic rings. The molecule has 0 aliphatic heterocycles. The number of rotatable bonds is 5. The van der Waals surface area contributed by atoms with Gasteiger partial charge in [0.05, 0.1) is 11.0 Å². The maximum absolute atomic E-state index is 12.6. The lowest BCUT2D eigenvalue weighted by Crippen LogP contribution is -2.37. The number of nitrogens with one attached hydrogen (secondary N) is 1. The van der Waals surface area contributed by atoms with E-state index in [1.165, 1.54) is 12.5 Å². The van der Waals surface area contributed by atoms with E-state index in [0.717, 1.165) is 25.7 Å². The second-order valence-electron chi connectivity index (χ2n) is 7.88. The molecular weight excluding hydrogens is 354 g/mol. The van der Waals surface area contributed by atoms with E-state index in [1.807, 2.05) is 4.72 Å². The Morgan fingerprint density at radius 1 is 1.23 bits per heavy atom.